The minimum atomic E-state index is 1.17. The van der Waals surface area contributed by atoms with Crippen LogP contribution in [0.25, 0.3) is 82.4 Å². The van der Waals surface area contributed by atoms with Crippen LogP contribution in [0.1, 0.15) is 0 Å². The predicted octanol–water partition coefficient (Wildman–Crippen LogP) is 12.6. The van der Waals surface area contributed by atoms with Crippen LogP contribution in [-0.4, -0.2) is 4.57 Å². The molecule has 0 fully saturated rings. The Labute approximate surface area is 271 Å². The first-order valence-corrected chi connectivity index (χ1v) is 16.6. The molecule has 9 aromatic rings. The van der Waals surface area contributed by atoms with Crippen molar-refractivity contribution >= 4 is 55.1 Å². The van der Waals surface area contributed by atoms with Crippen molar-refractivity contribution in [3.05, 3.63) is 164 Å². The molecule has 1 aromatic heterocycles. The highest BCUT2D eigenvalue weighted by Gasteiger charge is 2.21. The average Bonchev–Trinajstić information content (AvgIpc) is 3.46. The first-order chi connectivity index (χ1) is 22.8. The van der Waals surface area contributed by atoms with Gasteiger partial charge in [0.2, 0.25) is 0 Å². The van der Waals surface area contributed by atoms with Gasteiger partial charge in [0, 0.05) is 37.0 Å². The molecule has 0 amide bonds. The van der Waals surface area contributed by atoms with E-state index in [1.807, 2.05) is 11.8 Å². The van der Waals surface area contributed by atoms with Crippen molar-refractivity contribution in [2.45, 2.75) is 9.79 Å². The summed E-state index contributed by atoms with van der Waals surface area (Å²) in [5.41, 5.74) is 11.2. The van der Waals surface area contributed by atoms with Crippen LogP contribution in [-0.2, 0) is 0 Å². The van der Waals surface area contributed by atoms with Crippen LogP contribution in [0.2, 0.25) is 0 Å². The molecule has 2 heterocycles. The Bertz CT molecular complexity index is 2660. The number of fused-ring (bicyclic) bond motifs is 7. The van der Waals surface area contributed by atoms with Crippen molar-refractivity contribution in [1.29, 1.82) is 0 Å². The molecule has 0 aliphatic carbocycles. The van der Waals surface area contributed by atoms with Crippen molar-refractivity contribution < 1.29 is 0 Å². The normalized spacial score (nSPS) is 12.3. The third-order valence-corrected chi connectivity index (χ3v) is 10.7. The van der Waals surface area contributed by atoms with E-state index < -0.39 is 0 Å². The molecule has 0 N–H and O–H groups in total. The zero-order chi connectivity index (χ0) is 30.2. The Morgan fingerprint density at radius 1 is 0.391 bits per heavy atom. The minimum Gasteiger partial charge on any atom is -0.309 e. The van der Waals surface area contributed by atoms with Crippen LogP contribution in [0.3, 0.4) is 0 Å². The highest BCUT2D eigenvalue weighted by molar-refractivity contribution is 7.99. The van der Waals surface area contributed by atoms with Gasteiger partial charge in [-0.15, -0.1) is 0 Å². The summed E-state index contributed by atoms with van der Waals surface area (Å²) in [6.45, 7) is 0. The van der Waals surface area contributed by atoms with Gasteiger partial charge in [-0.1, -0.05) is 139 Å². The van der Waals surface area contributed by atoms with E-state index in [1.165, 1.54) is 92.2 Å². The zero-order valence-corrected chi connectivity index (χ0v) is 25.8. The Morgan fingerprint density at radius 3 is 1.93 bits per heavy atom. The molecule has 8 aromatic carbocycles. The largest absolute Gasteiger partial charge is 0.309 e. The molecule has 0 unspecified atom stereocenters. The Morgan fingerprint density at radius 2 is 1.07 bits per heavy atom. The first-order valence-electron chi connectivity index (χ1n) is 15.8. The maximum Gasteiger partial charge on any atom is 0.0619 e. The molecule has 0 radical (unpaired) electrons. The van der Waals surface area contributed by atoms with Crippen molar-refractivity contribution in [2.24, 2.45) is 0 Å². The molecule has 1 aliphatic rings. The van der Waals surface area contributed by atoms with Gasteiger partial charge < -0.3 is 4.57 Å². The van der Waals surface area contributed by atoms with Gasteiger partial charge in [-0.05, 0) is 80.6 Å². The Kier molecular flexibility index (Phi) is 5.58. The monoisotopic (exact) mass is 601 g/mol. The lowest BCUT2D eigenvalue weighted by atomic mass is 9.91. The van der Waals surface area contributed by atoms with Gasteiger partial charge in [0.05, 0.1) is 11.0 Å². The number of hydrogen-bond donors (Lipinski definition) is 0. The van der Waals surface area contributed by atoms with Crippen molar-refractivity contribution in [2.75, 3.05) is 0 Å². The van der Waals surface area contributed by atoms with Crippen molar-refractivity contribution in [3.8, 4) is 39.1 Å². The van der Waals surface area contributed by atoms with Crippen LogP contribution in [0.4, 0.5) is 0 Å². The number of hydrogen-bond acceptors (Lipinski definition) is 1. The SMILES string of the molecule is c1ccc(-n2c3cc(-c4ccccc4-c4ccc5c(c4)-c4cccc6cccc(c46)S5)ccc3c3ccc4ccccc4c32)cc1. The highest BCUT2D eigenvalue weighted by atomic mass is 32.2. The quantitative estimate of drug-likeness (QED) is 0.195. The summed E-state index contributed by atoms with van der Waals surface area (Å²) in [5.74, 6) is 0. The van der Waals surface area contributed by atoms with E-state index in [2.05, 4.69) is 168 Å². The molecular weight excluding hydrogens is 575 g/mol. The number of para-hydroxylation sites is 1. The second-order valence-corrected chi connectivity index (χ2v) is 13.2. The van der Waals surface area contributed by atoms with Crippen molar-refractivity contribution in [3.63, 3.8) is 0 Å². The minimum absolute atomic E-state index is 1.17. The molecule has 1 aliphatic heterocycles. The van der Waals surface area contributed by atoms with E-state index in [4.69, 9.17) is 0 Å². The van der Waals surface area contributed by atoms with Crippen molar-refractivity contribution in [1.82, 2.24) is 4.57 Å². The smallest absolute Gasteiger partial charge is 0.0619 e. The van der Waals surface area contributed by atoms with Gasteiger partial charge in [-0.2, -0.15) is 0 Å². The fourth-order valence-corrected chi connectivity index (χ4v) is 8.64. The summed E-state index contributed by atoms with van der Waals surface area (Å²) in [4.78, 5) is 2.65. The standard InChI is InChI=1S/C44H27NS/c1-2-13-32(14-3-1)45-40-27-31(21-23-36(40)38-24-20-28-10-4-5-17-35(28)44(38)45)34-16-7-6-15-33(34)30-22-25-41-39(26-30)37-18-8-11-29-12-9-19-42(46-41)43(29)37/h1-27H. The molecule has 0 bridgehead atoms. The van der Waals surface area contributed by atoms with Gasteiger partial charge in [0.1, 0.15) is 0 Å². The van der Waals surface area contributed by atoms with E-state index in [1.54, 1.807) is 0 Å². The summed E-state index contributed by atoms with van der Waals surface area (Å²) < 4.78 is 2.45. The summed E-state index contributed by atoms with van der Waals surface area (Å²) in [6.07, 6.45) is 0. The highest BCUT2D eigenvalue weighted by Crippen LogP contribution is 2.49. The summed E-state index contributed by atoms with van der Waals surface area (Å²) in [6, 6.07) is 60.2. The summed E-state index contributed by atoms with van der Waals surface area (Å²) in [5, 5.41) is 7.73. The summed E-state index contributed by atoms with van der Waals surface area (Å²) in [7, 11) is 0. The van der Waals surface area contributed by atoms with Gasteiger partial charge in [-0.25, -0.2) is 0 Å². The molecule has 0 spiro atoms. The van der Waals surface area contributed by atoms with Gasteiger partial charge in [0.15, 0.2) is 0 Å². The molecule has 0 saturated heterocycles. The topological polar surface area (TPSA) is 4.93 Å². The number of aromatic nitrogens is 1. The lowest BCUT2D eigenvalue weighted by Gasteiger charge is -2.21. The van der Waals surface area contributed by atoms with E-state index >= 15 is 0 Å². The first kappa shape index (κ1) is 25.7. The second-order valence-electron chi connectivity index (χ2n) is 12.1. The van der Waals surface area contributed by atoms with E-state index in [0.29, 0.717) is 0 Å². The molecule has 1 nitrogen and oxygen atoms in total. The van der Waals surface area contributed by atoms with Crippen LogP contribution in [0.15, 0.2) is 174 Å². The molecule has 46 heavy (non-hydrogen) atoms. The fourth-order valence-electron chi connectivity index (χ4n) is 7.51. The number of benzene rings is 8. The zero-order valence-electron chi connectivity index (χ0n) is 24.9. The van der Waals surface area contributed by atoms with Gasteiger partial charge >= 0.3 is 0 Å². The average molecular weight is 602 g/mol. The molecular formula is C44H27NS. The van der Waals surface area contributed by atoms with Crippen LogP contribution >= 0.6 is 11.8 Å². The number of nitrogens with zero attached hydrogens (tertiary/aromatic N) is 1. The van der Waals surface area contributed by atoms with E-state index in [0.717, 1.165) is 0 Å². The second kappa shape index (κ2) is 9.97. The molecule has 0 saturated carbocycles. The van der Waals surface area contributed by atoms with E-state index in [-0.39, 0.29) is 0 Å². The molecule has 2 heteroatoms. The van der Waals surface area contributed by atoms with Gasteiger partial charge in [-0.3, -0.25) is 0 Å². The maximum absolute atomic E-state index is 2.45. The van der Waals surface area contributed by atoms with E-state index in [9.17, 15) is 0 Å². The lowest BCUT2D eigenvalue weighted by Crippen LogP contribution is -1.95. The Balaban J connectivity index is 1.19. The lowest BCUT2D eigenvalue weighted by molar-refractivity contribution is 1.19. The molecule has 0 atom stereocenters. The third-order valence-electron chi connectivity index (χ3n) is 9.57. The van der Waals surface area contributed by atoms with Crippen LogP contribution in [0.5, 0.6) is 0 Å². The van der Waals surface area contributed by atoms with Crippen LogP contribution in [0, 0.1) is 0 Å². The van der Waals surface area contributed by atoms with Gasteiger partial charge in [0.25, 0.3) is 0 Å². The summed E-state index contributed by atoms with van der Waals surface area (Å²) >= 11 is 1.88. The Hall–Kier alpha value is -5.57. The predicted molar refractivity (Wildman–Crippen MR) is 196 cm³/mol. The third kappa shape index (κ3) is 3.77. The molecule has 10 rings (SSSR count). The number of rotatable bonds is 3. The molecule has 214 valence electrons. The fraction of sp³-hybridized carbons (Fsp3) is 0. The van der Waals surface area contributed by atoms with Crippen LogP contribution < -0.4 is 0 Å². The maximum atomic E-state index is 2.45.